The fraction of sp³-hybridized carbons (Fsp3) is 0.300. The number of halogens is 4. The summed E-state index contributed by atoms with van der Waals surface area (Å²) in [7, 11) is 1.23. The van der Waals surface area contributed by atoms with Crippen LogP contribution in [0.2, 0.25) is 0 Å². The van der Waals surface area contributed by atoms with Crippen LogP contribution in [0.1, 0.15) is 11.1 Å². The van der Waals surface area contributed by atoms with Gasteiger partial charge in [-0.15, -0.1) is 0 Å². The van der Waals surface area contributed by atoms with Crippen LogP contribution >= 0.6 is 15.9 Å². The molecule has 94 valence electrons. The molecule has 0 fully saturated rings. The second kappa shape index (κ2) is 4.95. The molecule has 1 aromatic carbocycles. The van der Waals surface area contributed by atoms with E-state index < -0.39 is 24.1 Å². The number of carbonyl (C=O) groups is 1. The quantitative estimate of drug-likeness (QED) is 0.933. The molecular formula is C10H8BrF3O3. The van der Waals surface area contributed by atoms with Crippen LogP contribution in [-0.2, 0) is 17.4 Å². The summed E-state index contributed by atoms with van der Waals surface area (Å²) in [6.07, 6.45) is -5.31. The van der Waals surface area contributed by atoms with Gasteiger partial charge in [-0.05, 0) is 33.6 Å². The second-order valence-corrected chi connectivity index (χ2v) is 4.07. The number of hydrogen-bond donors (Lipinski definition) is 1. The highest BCUT2D eigenvalue weighted by Gasteiger charge is 2.34. The van der Waals surface area contributed by atoms with Crippen LogP contribution < -0.4 is 4.74 Å². The number of rotatable bonds is 3. The third-order valence-corrected chi connectivity index (χ3v) is 2.64. The molecule has 0 unspecified atom stereocenters. The van der Waals surface area contributed by atoms with Gasteiger partial charge >= 0.3 is 12.1 Å². The molecule has 0 aliphatic heterocycles. The maximum Gasteiger partial charge on any atom is 0.416 e. The Labute approximate surface area is 103 Å². The van der Waals surface area contributed by atoms with E-state index in [-0.39, 0.29) is 15.8 Å². The van der Waals surface area contributed by atoms with Crippen LogP contribution in [0, 0.1) is 0 Å². The van der Waals surface area contributed by atoms with Crippen molar-refractivity contribution in [3.05, 3.63) is 27.7 Å². The first kappa shape index (κ1) is 13.8. The highest BCUT2D eigenvalue weighted by molar-refractivity contribution is 9.10. The lowest BCUT2D eigenvalue weighted by Gasteiger charge is -2.14. The fourth-order valence-corrected chi connectivity index (χ4v) is 1.88. The van der Waals surface area contributed by atoms with Gasteiger partial charge in [0.2, 0.25) is 0 Å². The molecule has 1 rings (SSSR count). The molecule has 3 nitrogen and oxygen atoms in total. The molecular weight excluding hydrogens is 305 g/mol. The summed E-state index contributed by atoms with van der Waals surface area (Å²) < 4.78 is 43.1. The van der Waals surface area contributed by atoms with Gasteiger partial charge in [0.15, 0.2) is 0 Å². The maximum absolute atomic E-state index is 12.7. The number of benzene rings is 1. The Morgan fingerprint density at radius 1 is 1.47 bits per heavy atom. The van der Waals surface area contributed by atoms with Crippen molar-refractivity contribution >= 4 is 21.9 Å². The van der Waals surface area contributed by atoms with E-state index in [1.165, 1.54) is 7.11 Å². The van der Waals surface area contributed by atoms with E-state index in [1.54, 1.807) is 0 Å². The van der Waals surface area contributed by atoms with E-state index >= 15 is 0 Å². The van der Waals surface area contributed by atoms with Crippen molar-refractivity contribution in [2.75, 3.05) is 7.11 Å². The van der Waals surface area contributed by atoms with E-state index in [9.17, 15) is 18.0 Å². The maximum atomic E-state index is 12.7. The van der Waals surface area contributed by atoms with Gasteiger partial charge in [0.1, 0.15) is 5.75 Å². The molecule has 17 heavy (non-hydrogen) atoms. The molecule has 0 radical (unpaired) electrons. The molecule has 0 spiro atoms. The fourth-order valence-electron chi connectivity index (χ4n) is 1.32. The van der Waals surface area contributed by atoms with Crippen LogP contribution in [0.15, 0.2) is 16.6 Å². The molecule has 0 saturated carbocycles. The molecule has 0 aliphatic carbocycles. The molecule has 0 amide bonds. The van der Waals surface area contributed by atoms with Crippen LogP contribution in [0.25, 0.3) is 0 Å². The molecule has 1 aromatic rings. The lowest BCUT2D eigenvalue weighted by molar-refractivity contribution is -0.139. The van der Waals surface area contributed by atoms with Gasteiger partial charge < -0.3 is 9.84 Å². The smallest absolute Gasteiger partial charge is 0.416 e. The molecule has 0 heterocycles. The van der Waals surface area contributed by atoms with E-state index in [2.05, 4.69) is 15.9 Å². The first-order valence-electron chi connectivity index (χ1n) is 4.41. The third-order valence-electron chi connectivity index (χ3n) is 2.02. The number of methoxy groups -OCH3 is 1. The summed E-state index contributed by atoms with van der Waals surface area (Å²) in [6.45, 7) is 0. The van der Waals surface area contributed by atoms with Crippen LogP contribution in [0.3, 0.4) is 0 Å². The Kier molecular flexibility index (Phi) is 4.03. The SMILES string of the molecule is COc1cc(C(F)(F)F)c(CC(=O)O)cc1Br. The molecule has 0 atom stereocenters. The van der Waals surface area contributed by atoms with E-state index in [4.69, 9.17) is 9.84 Å². The number of alkyl halides is 3. The van der Waals surface area contributed by atoms with Crippen molar-refractivity contribution < 1.29 is 27.8 Å². The molecule has 0 saturated heterocycles. The van der Waals surface area contributed by atoms with Crippen LogP contribution in [0.5, 0.6) is 5.75 Å². The zero-order chi connectivity index (χ0) is 13.2. The van der Waals surface area contributed by atoms with Crippen molar-refractivity contribution in [1.82, 2.24) is 0 Å². The number of hydrogen-bond acceptors (Lipinski definition) is 2. The van der Waals surface area contributed by atoms with Gasteiger partial charge in [-0.2, -0.15) is 13.2 Å². The first-order chi connectivity index (χ1) is 7.75. The van der Waals surface area contributed by atoms with Gasteiger partial charge in [-0.3, -0.25) is 4.79 Å². The standard InChI is InChI=1S/C10H8BrF3O3/c1-17-8-4-6(10(12,13)14)5(2-7(8)11)3-9(15)16/h2,4H,3H2,1H3,(H,15,16). The number of carboxylic acid groups (broad SMARTS) is 1. The molecule has 0 aliphatic rings. The number of ether oxygens (including phenoxy) is 1. The van der Waals surface area contributed by atoms with Crippen molar-refractivity contribution in [3.8, 4) is 5.75 Å². The van der Waals surface area contributed by atoms with Crippen molar-refractivity contribution in [2.24, 2.45) is 0 Å². The highest BCUT2D eigenvalue weighted by Crippen LogP contribution is 2.38. The number of carboxylic acids is 1. The van der Waals surface area contributed by atoms with Gasteiger partial charge in [0.05, 0.1) is 23.6 Å². The van der Waals surface area contributed by atoms with Crippen LogP contribution in [0.4, 0.5) is 13.2 Å². The van der Waals surface area contributed by atoms with E-state index in [0.717, 1.165) is 12.1 Å². The molecule has 7 heteroatoms. The normalized spacial score (nSPS) is 11.4. The van der Waals surface area contributed by atoms with Crippen molar-refractivity contribution in [3.63, 3.8) is 0 Å². The van der Waals surface area contributed by atoms with E-state index in [0.29, 0.717) is 0 Å². The Morgan fingerprint density at radius 3 is 2.47 bits per heavy atom. The third kappa shape index (κ3) is 3.36. The molecule has 0 bridgehead atoms. The monoisotopic (exact) mass is 312 g/mol. The van der Waals surface area contributed by atoms with Crippen molar-refractivity contribution in [2.45, 2.75) is 12.6 Å². The predicted octanol–water partition coefficient (Wildman–Crippen LogP) is 3.10. The predicted molar refractivity (Wildman–Crippen MR) is 57.0 cm³/mol. The summed E-state index contributed by atoms with van der Waals surface area (Å²) in [6, 6.07) is 1.89. The minimum absolute atomic E-state index is 0.00598. The zero-order valence-corrected chi connectivity index (χ0v) is 10.2. The Balaban J connectivity index is 3.36. The van der Waals surface area contributed by atoms with Gasteiger partial charge in [0.25, 0.3) is 0 Å². The van der Waals surface area contributed by atoms with E-state index in [1.807, 2.05) is 0 Å². The average Bonchev–Trinajstić information content (AvgIpc) is 2.14. The second-order valence-electron chi connectivity index (χ2n) is 3.21. The zero-order valence-electron chi connectivity index (χ0n) is 8.64. The van der Waals surface area contributed by atoms with Gasteiger partial charge in [0, 0.05) is 0 Å². The topological polar surface area (TPSA) is 46.5 Å². The Morgan fingerprint density at radius 2 is 2.06 bits per heavy atom. The minimum Gasteiger partial charge on any atom is -0.496 e. The van der Waals surface area contributed by atoms with Gasteiger partial charge in [-0.25, -0.2) is 0 Å². The summed E-state index contributed by atoms with van der Waals surface area (Å²) in [5.74, 6) is -1.32. The summed E-state index contributed by atoms with van der Waals surface area (Å²) >= 11 is 3.01. The lowest BCUT2D eigenvalue weighted by atomic mass is 10.0. The lowest BCUT2D eigenvalue weighted by Crippen LogP contribution is -2.12. The summed E-state index contributed by atoms with van der Waals surface area (Å²) in [4.78, 5) is 10.5. The minimum atomic E-state index is -4.61. The van der Waals surface area contributed by atoms with Gasteiger partial charge in [-0.1, -0.05) is 0 Å². The summed E-state index contributed by atoms with van der Waals surface area (Å²) in [5.41, 5.74) is -1.31. The van der Waals surface area contributed by atoms with Crippen molar-refractivity contribution in [1.29, 1.82) is 0 Å². The number of aliphatic carboxylic acids is 1. The summed E-state index contributed by atoms with van der Waals surface area (Å²) in [5, 5.41) is 8.56. The average molecular weight is 313 g/mol. The highest BCUT2D eigenvalue weighted by atomic mass is 79.9. The van der Waals surface area contributed by atoms with Crippen LogP contribution in [-0.4, -0.2) is 18.2 Å². The Bertz CT molecular complexity index is 443. The molecule has 1 N–H and O–H groups in total. The largest absolute Gasteiger partial charge is 0.496 e. The molecule has 0 aromatic heterocycles. The Hall–Kier alpha value is -1.24. The first-order valence-corrected chi connectivity index (χ1v) is 5.20.